The van der Waals surface area contributed by atoms with Gasteiger partial charge in [0.1, 0.15) is 0 Å². The molecule has 2 aromatic carbocycles. The predicted molar refractivity (Wildman–Crippen MR) is 98.9 cm³/mol. The summed E-state index contributed by atoms with van der Waals surface area (Å²) < 4.78 is 28.9. The molecule has 0 radical (unpaired) electrons. The van der Waals surface area contributed by atoms with Gasteiger partial charge in [-0.2, -0.15) is 0 Å². The lowest BCUT2D eigenvalue weighted by Crippen LogP contribution is -1.96. The first-order chi connectivity index (χ1) is 11.6. The first-order valence-electron chi connectivity index (χ1n) is 8.51. The Labute approximate surface area is 143 Å². The fraction of sp³-hybridized carbons (Fsp3) is 0.273. The molecule has 0 aromatic heterocycles. The molecule has 0 fully saturated rings. The second kappa shape index (κ2) is 8.58. The van der Waals surface area contributed by atoms with Crippen molar-refractivity contribution in [2.75, 3.05) is 0 Å². The van der Waals surface area contributed by atoms with Crippen LogP contribution >= 0.6 is 0 Å². The summed E-state index contributed by atoms with van der Waals surface area (Å²) in [5.41, 5.74) is 2.84. The largest absolute Gasteiger partial charge is 0.203 e. The molecule has 0 unspecified atom stereocenters. The summed E-state index contributed by atoms with van der Waals surface area (Å²) >= 11 is 0. The Morgan fingerprint density at radius 1 is 1.00 bits per heavy atom. The van der Waals surface area contributed by atoms with E-state index in [1.54, 1.807) is 18.2 Å². The van der Waals surface area contributed by atoms with Crippen LogP contribution in [0.1, 0.15) is 44.2 Å². The molecule has 0 heterocycles. The molecule has 0 amide bonds. The van der Waals surface area contributed by atoms with Gasteiger partial charge in [-0.1, -0.05) is 81.8 Å². The second-order valence-electron chi connectivity index (χ2n) is 5.91. The Balaban J connectivity index is 2.27. The van der Waals surface area contributed by atoms with Gasteiger partial charge in [0.2, 0.25) is 0 Å². The SMILES string of the molecule is C=C(/C=C\CCCC)c1ccc(-c2ccc(CC)cc2)c(F)c1F. The van der Waals surface area contributed by atoms with Crippen LogP contribution in [0.4, 0.5) is 8.78 Å². The van der Waals surface area contributed by atoms with Crippen molar-refractivity contribution in [2.45, 2.75) is 39.5 Å². The number of hydrogen-bond acceptors (Lipinski definition) is 0. The van der Waals surface area contributed by atoms with Gasteiger partial charge in [-0.15, -0.1) is 0 Å². The summed E-state index contributed by atoms with van der Waals surface area (Å²) in [5, 5.41) is 0. The Bertz CT molecular complexity index is 724. The Morgan fingerprint density at radius 2 is 1.71 bits per heavy atom. The van der Waals surface area contributed by atoms with E-state index in [-0.39, 0.29) is 11.1 Å². The summed E-state index contributed by atoms with van der Waals surface area (Å²) in [6, 6.07) is 10.8. The van der Waals surface area contributed by atoms with E-state index in [0.29, 0.717) is 11.1 Å². The molecule has 0 saturated heterocycles. The third-order valence-corrected chi connectivity index (χ3v) is 4.14. The van der Waals surface area contributed by atoms with Crippen LogP contribution in [0.15, 0.2) is 55.1 Å². The fourth-order valence-corrected chi connectivity index (χ4v) is 2.58. The Kier molecular flexibility index (Phi) is 6.48. The van der Waals surface area contributed by atoms with Gasteiger partial charge in [0.25, 0.3) is 0 Å². The summed E-state index contributed by atoms with van der Waals surface area (Å²) in [6.45, 7) is 8.03. The first kappa shape index (κ1) is 18.1. The van der Waals surface area contributed by atoms with E-state index in [0.717, 1.165) is 25.7 Å². The van der Waals surface area contributed by atoms with E-state index in [1.165, 1.54) is 5.56 Å². The standard InChI is InChI=1S/C22H24F2/c1-4-6-7-8-9-16(3)19-14-15-20(22(24)21(19)23)18-12-10-17(5-2)11-13-18/h8-15H,3-7H2,1-2H3/b9-8-. The van der Waals surface area contributed by atoms with Crippen molar-refractivity contribution in [3.63, 3.8) is 0 Å². The van der Waals surface area contributed by atoms with Gasteiger partial charge in [0.05, 0.1) is 0 Å². The number of unbranched alkanes of at least 4 members (excludes halogenated alkanes) is 2. The highest BCUT2D eigenvalue weighted by molar-refractivity contribution is 5.75. The topological polar surface area (TPSA) is 0 Å². The van der Waals surface area contributed by atoms with Crippen molar-refractivity contribution in [3.8, 4) is 11.1 Å². The van der Waals surface area contributed by atoms with Gasteiger partial charge in [-0.05, 0) is 29.5 Å². The van der Waals surface area contributed by atoms with Gasteiger partial charge < -0.3 is 0 Å². The van der Waals surface area contributed by atoms with Gasteiger partial charge in [0, 0.05) is 11.1 Å². The average molecular weight is 326 g/mol. The highest BCUT2D eigenvalue weighted by atomic mass is 19.2. The zero-order valence-electron chi connectivity index (χ0n) is 14.4. The Hall–Kier alpha value is -2.22. The summed E-state index contributed by atoms with van der Waals surface area (Å²) in [6.07, 6.45) is 7.74. The van der Waals surface area contributed by atoms with E-state index in [2.05, 4.69) is 20.4 Å². The van der Waals surface area contributed by atoms with E-state index in [9.17, 15) is 8.78 Å². The van der Waals surface area contributed by atoms with Gasteiger partial charge in [-0.25, -0.2) is 8.78 Å². The number of allylic oxidation sites excluding steroid dienone is 3. The third-order valence-electron chi connectivity index (χ3n) is 4.14. The lowest BCUT2D eigenvalue weighted by molar-refractivity contribution is 0.509. The highest BCUT2D eigenvalue weighted by Crippen LogP contribution is 2.29. The first-order valence-corrected chi connectivity index (χ1v) is 8.51. The zero-order chi connectivity index (χ0) is 17.5. The summed E-state index contributed by atoms with van der Waals surface area (Å²) in [5.74, 6) is -1.66. The van der Waals surface area contributed by atoms with Gasteiger partial charge >= 0.3 is 0 Å². The maximum absolute atomic E-state index is 14.5. The normalized spacial score (nSPS) is 11.2. The molecule has 0 aliphatic rings. The van der Waals surface area contributed by atoms with Crippen molar-refractivity contribution in [3.05, 3.63) is 77.9 Å². The average Bonchev–Trinajstić information content (AvgIpc) is 2.61. The molecule has 0 aliphatic carbocycles. The number of hydrogen-bond donors (Lipinski definition) is 0. The highest BCUT2D eigenvalue weighted by Gasteiger charge is 2.15. The molecule has 0 atom stereocenters. The van der Waals surface area contributed by atoms with E-state index in [1.807, 2.05) is 30.3 Å². The van der Waals surface area contributed by atoms with E-state index >= 15 is 0 Å². The molecule has 0 N–H and O–H groups in total. The fourth-order valence-electron chi connectivity index (χ4n) is 2.58. The van der Waals surface area contributed by atoms with Crippen LogP contribution in [-0.4, -0.2) is 0 Å². The maximum atomic E-state index is 14.5. The van der Waals surface area contributed by atoms with Crippen LogP contribution in [-0.2, 0) is 6.42 Å². The molecular weight excluding hydrogens is 302 g/mol. The number of rotatable bonds is 7. The number of aryl methyl sites for hydroxylation is 1. The molecule has 24 heavy (non-hydrogen) atoms. The molecular formula is C22H24F2. The second-order valence-corrected chi connectivity index (χ2v) is 5.91. The van der Waals surface area contributed by atoms with Crippen LogP contribution in [0, 0.1) is 11.6 Å². The van der Waals surface area contributed by atoms with E-state index in [4.69, 9.17) is 0 Å². The van der Waals surface area contributed by atoms with Crippen LogP contribution in [0.2, 0.25) is 0 Å². The molecule has 2 heteroatoms. The van der Waals surface area contributed by atoms with Crippen LogP contribution in [0.3, 0.4) is 0 Å². The lowest BCUT2D eigenvalue weighted by atomic mass is 9.98. The van der Waals surface area contributed by atoms with Crippen molar-refractivity contribution < 1.29 is 8.78 Å². The van der Waals surface area contributed by atoms with Gasteiger partial charge in [-0.3, -0.25) is 0 Å². The minimum atomic E-state index is -0.836. The number of halogens is 2. The smallest absolute Gasteiger partial charge is 0.167 e. The molecule has 126 valence electrons. The lowest BCUT2D eigenvalue weighted by Gasteiger charge is -2.09. The summed E-state index contributed by atoms with van der Waals surface area (Å²) in [4.78, 5) is 0. The van der Waals surface area contributed by atoms with E-state index < -0.39 is 11.6 Å². The third kappa shape index (κ3) is 4.19. The quantitative estimate of drug-likeness (QED) is 0.381. The molecule has 0 bridgehead atoms. The summed E-state index contributed by atoms with van der Waals surface area (Å²) in [7, 11) is 0. The monoisotopic (exact) mass is 326 g/mol. The van der Waals surface area contributed by atoms with Crippen molar-refractivity contribution in [2.24, 2.45) is 0 Å². The van der Waals surface area contributed by atoms with Crippen LogP contribution in [0.25, 0.3) is 16.7 Å². The molecule has 2 rings (SSSR count). The zero-order valence-corrected chi connectivity index (χ0v) is 14.4. The molecule has 2 aromatic rings. The minimum absolute atomic E-state index is 0.217. The molecule has 0 aliphatic heterocycles. The maximum Gasteiger partial charge on any atom is 0.167 e. The number of benzene rings is 2. The molecule has 0 nitrogen and oxygen atoms in total. The van der Waals surface area contributed by atoms with Crippen molar-refractivity contribution in [1.82, 2.24) is 0 Å². The van der Waals surface area contributed by atoms with Crippen molar-refractivity contribution in [1.29, 1.82) is 0 Å². The van der Waals surface area contributed by atoms with Crippen LogP contribution in [0.5, 0.6) is 0 Å². The van der Waals surface area contributed by atoms with Gasteiger partial charge in [0.15, 0.2) is 11.6 Å². The van der Waals surface area contributed by atoms with Crippen LogP contribution < -0.4 is 0 Å². The minimum Gasteiger partial charge on any atom is -0.203 e. The molecule has 0 spiro atoms. The predicted octanol–water partition coefficient (Wildman–Crippen LogP) is 6.95. The molecule has 0 saturated carbocycles. The Morgan fingerprint density at radius 3 is 2.33 bits per heavy atom. The van der Waals surface area contributed by atoms with Crippen molar-refractivity contribution >= 4 is 5.57 Å².